The summed E-state index contributed by atoms with van der Waals surface area (Å²) in [6.07, 6.45) is 7.54. The number of para-hydroxylation sites is 2. The van der Waals surface area contributed by atoms with Crippen molar-refractivity contribution in [3.05, 3.63) is 54.8 Å². The zero-order valence-electron chi connectivity index (χ0n) is 18.8. The fraction of sp³-hybridized carbons (Fsp3) is 0.560. The molecule has 3 aliphatic rings. The molecule has 2 unspecified atom stereocenters. The first-order chi connectivity index (χ1) is 15.0. The van der Waals surface area contributed by atoms with Crippen LogP contribution in [0.25, 0.3) is 11.0 Å². The van der Waals surface area contributed by atoms with Crippen molar-refractivity contribution in [3.63, 3.8) is 0 Å². The maximum absolute atomic E-state index is 6.46. The van der Waals surface area contributed by atoms with Crippen LogP contribution in [0.1, 0.15) is 51.3 Å². The van der Waals surface area contributed by atoms with Gasteiger partial charge in [0.1, 0.15) is 5.82 Å². The van der Waals surface area contributed by atoms with E-state index in [2.05, 4.69) is 28.6 Å². The molecule has 1 aromatic heterocycles. The van der Waals surface area contributed by atoms with Crippen LogP contribution in [0.3, 0.4) is 0 Å². The Morgan fingerprint density at radius 2 is 1.97 bits per heavy atom. The van der Waals surface area contributed by atoms with Crippen LogP contribution in [0.5, 0.6) is 0 Å². The van der Waals surface area contributed by atoms with Crippen molar-refractivity contribution in [3.8, 4) is 0 Å². The molecule has 3 heterocycles. The number of hydrogen-bond donors (Lipinski definition) is 2. The monoisotopic (exact) mass is 420 g/mol. The SMILES string of the molecule is C=C(NCC)N1CCC2(CC1)C(=C)N(Cc1nc3ccccc3n1N)C1CCCCC12. The van der Waals surface area contributed by atoms with Gasteiger partial charge in [-0.3, -0.25) is 0 Å². The van der Waals surface area contributed by atoms with Gasteiger partial charge in [0.25, 0.3) is 0 Å². The van der Waals surface area contributed by atoms with E-state index in [-0.39, 0.29) is 5.41 Å². The van der Waals surface area contributed by atoms with E-state index < -0.39 is 0 Å². The summed E-state index contributed by atoms with van der Waals surface area (Å²) in [6.45, 7) is 14.9. The van der Waals surface area contributed by atoms with Crippen LogP contribution in [0.15, 0.2) is 48.9 Å². The molecular formula is C25H36N6. The molecule has 1 aliphatic carbocycles. The lowest BCUT2D eigenvalue weighted by Gasteiger charge is -2.45. The number of nitrogen functional groups attached to an aromatic ring is 1. The van der Waals surface area contributed by atoms with Crippen molar-refractivity contribution in [2.45, 2.75) is 58.0 Å². The molecule has 1 saturated carbocycles. The quantitative estimate of drug-likeness (QED) is 0.721. The van der Waals surface area contributed by atoms with E-state index in [1.165, 1.54) is 31.4 Å². The third-order valence-electron chi connectivity index (χ3n) is 8.16. The maximum atomic E-state index is 6.46. The van der Waals surface area contributed by atoms with Crippen molar-refractivity contribution < 1.29 is 0 Å². The Morgan fingerprint density at radius 1 is 1.23 bits per heavy atom. The molecule has 0 bridgehead atoms. The summed E-state index contributed by atoms with van der Waals surface area (Å²) in [4.78, 5) is 9.86. The van der Waals surface area contributed by atoms with Gasteiger partial charge in [0.15, 0.2) is 0 Å². The van der Waals surface area contributed by atoms with E-state index in [1.807, 2.05) is 24.3 Å². The van der Waals surface area contributed by atoms with Crippen LogP contribution in [-0.2, 0) is 6.54 Å². The highest BCUT2D eigenvalue weighted by Crippen LogP contribution is 2.58. The van der Waals surface area contributed by atoms with Gasteiger partial charge in [0.05, 0.1) is 23.4 Å². The Balaban J connectivity index is 1.41. The van der Waals surface area contributed by atoms with Crippen molar-refractivity contribution >= 4 is 11.0 Å². The maximum Gasteiger partial charge on any atom is 0.147 e. The zero-order chi connectivity index (χ0) is 21.6. The first-order valence-corrected chi connectivity index (χ1v) is 11.9. The Labute approximate surface area is 185 Å². The average Bonchev–Trinajstić information content (AvgIpc) is 3.23. The number of nitrogens with one attached hydrogen (secondary N) is 1. The van der Waals surface area contributed by atoms with E-state index in [1.54, 1.807) is 4.68 Å². The van der Waals surface area contributed by atoms with Crippen molar-refractivity contribution in [1.29, 1.82) is 0 Å². The molecule has 6 heteroatoms. The van der Waals surface area contributed by atoms with Gasteiger partial charge in [0.2, 0.25) is 0 Å². The standard InChI is InChI=1S/C25H36N6/c1-4-27-19(3)29-15-13-25(14-16-29)18(2)30(22-11-7-5-9-20(22)25)17-24-28-21-10-6-8-12-23(21)31(24)26/h6,8,10,12,20,22,27H,2-5,7,9,11,13-17,26H2,1H3. The Hall–Kier alpha value is -2.63. The predicted octanol–water partition coefficient (Wildman–Crippen LogP) is 3.80. The van der Waals surface area contributed by atoms with Crippen molar-refractivity contribution in [2.24, 2.45) is 11.3 Å². The molecule has 166 valence electrons. The minimum absolute atomic E-state index is 0.208. The van der Waals surface area contributed by atoms with E-state index in [4.69, 9.17) is 17.4 Å². The zero-order valence-corrected chi connectivity index (χ0v) is 18.8. The van der Waals surface area contributed by atoms with Crippen LogP contribution < -0.4 is 11.2 Å². The summed E-state index contributed by atoms with van der Waals surface area (Å²) in [5.74, 6) is 9.15. The van der Waals surface area contributed by atoms with E-state index in [0.717, 1.165) is 61.7 Å². The number of fused-ring (bicyclic) bond motifs is 3. The van der Waals surface area contributed by atoms with Gasteiger partial charge >= 0.3 is 0 Å². The molecule has 0 amide bonds. The second-order valence-electron chi connectivity index (χ2n) is 9.54. The van der Waals surface area contributed by atoms with Gasteiger partial charge in [-0.15, -0.1) is 0 Å². The molecule has 2 aliphatic heterocycles. The fourth-order valence-corrected chi connectivity index (χ4v) is 6.55. The van der Waals surface area contributed by atoms with Crippen LogP contribution in [-0.4, -0.2) is 45.1 Å². The summed E-state index contributed by atoms with van der Waals surface area (Å²) in [6, 6.07) is 8.69. The molecule has 6 nitrogen and oxygen atoms in total. The molecule has 1 spiro atoms. The second kappa shape index (κ2) is 7.81. The molecule has 0 radical (unpaired) electrons. The number of aromatic nitrogens is 2. The normalized spacial score (nSPS) is 25.3. The van der Waals surface area contributed by atoms with Crippen LogP contribution in [0, 0.1) is 11.3 Å². The molecule has 3 fully saturated rings. The van der Waals surface area contributed by atoms with E-state index >= 15 is 0 Å². The molecule has 2 saturated heterocycles. The minimum Gasteiger partial charge on any atom is -0.373 e. The smallest absolute Gasteiger partial charge is 0.147 e. The first kappa shape index (κ1) is 20.3. The number of nitrogens with two attached hydrogens (primary N) is 1. The molecule has 3 N–H and O–H groups in total. The molecule has 1 aromatic carbocycles. The van der Waals surface area contributed by atoms with E-state index in [9.17, 15) is 0 Å². The number of hydrogen-bond acceptors (Lipinski definition) is 5. The van der Waals surface area contributed by atoms with Crippen LogP contribution in [0.4, 0.5) is 0 Å². The highest BCUT2D eigenvalue weighted by Gasteiger charge is 2.56. The van der Waals surface area contributed by atoms with Gasteiger partial charge in [-0.1, -0.05) is 38.1 Å². The molecule has 2 atom stereocenters. The molecule has 31 heavy (non-hydrogen) atoms. The lowest BCUT2D eigenvalue weighted by atomic mass is 9.64. The Kier molecular flexibility index (Phi) is 5.11. The van der Waals surface area contributed by atoms with Crippen molar-refractivity contribution in [2.75, 3.05) is 25.5 Å². The van der Waals surface area contributed by atoms with Gasteiger partial charge in [-0.25, -0.2) is 9.66 Å². The topological polar surface area (TPSA) is 62.3 Å². The molecule has 5 rings (SSSR count). The van der Waals surface area contributed by atoms with Gasteiger partial charge in [0, 0.05) is 36.8 Å². The van der Waals surface area contributed by atoms with Gasteiger partial charge in [-0.05, 0) is 50.7 Å². The Bertz CT molecular complexity index is 983. The number of allylic oxidation sites excluding steroid dienone is 1. The van der Waals surface area contributed by atoms with E-state index in [0.29, 0.717) is 12.0 Å². The molecule has 2 aromatic rings. The number of rotatable bonds is 5. The van der Waals surface area contributed by atoms with Crippen LogP contribution in [0.2, 0.25) is 0 Å². The number of likely N-dealkylation sites (tertiary alicyclic amines) is 2. The lowest BCUT2D eigenvalue weighted by Crippen LogP contribution is -2.45. The van der Waals surface area contributed by atoms with Gasteiger partial charge in [-0.2, -0.15) is 0 Å². The summed E-state index contributed by atoms with van der Waals surface area (Å²) in [5.41, 5.74) is 3.49. The molecular weight excluding hydrogens is 384 g/mol. The fourth-order valence-electron chi connectivity index (χ4n) is 6.55. The number of piperidine rings is 1. The van der Waals surface area contributed by atoms with Crippen molar-refractivity contribution in [1.82, 2.24) is 24.8 Å². The number of imidazole rings is 1. The minimum atomic E-state index is 0.208. The number of nitrogens with zero attached hydrogens (tertiary/aromatic N) is 4. The summed E-state index contributed by atoms with van der Waals surface area (Å²) in [5, 5.41) is 3.40. The third-order valence-corrected chi connectivity index (χ3v) is 8.16. The van der Waals surface area contributed by atoms with Crippen LogP contribution >= 0.6 is 0 Å². The second-order valence-corrected chi connectivity index (χ2v) is 9.54. The highest BCUT2D eigenvalue weighted by molar-refractivity contribution is 5.75. The summed E-state index contributed by atoms with van der Waals surface area (Å²) < 4.78 is 1.77. The summed E-state index contributed by atoms with van der Waals surface area (Å²) >= 11 is 0. The lowest BCUT2D eigenvalue weighted by molar-refractivity contribution is 0.0856. The third kappa shape index (κ3) is 3.19. The first-order valence-electron chi connectivity index (χ1n) is 11.9. The highest BCUT2D eigenvalue weighted by atomic mass is 15.4. The van der Waals surface area contributed by atoms with Gasteiger partial charge < -0.3 is 21.0 Å². The average molecular weight is 421 g/mol. The number of benzene rings is 1. The summed E-state index contributed by atoms with van der Waals surface area (Å²) in [7, 11) is 0. The Morgan fingerprint density at radius 3 is 2.71 bits per heavy atom. The largest absolute Gasteiger partial charge is 0.373 e. The predicted molar refractivity (Wildman–Crippen MR) is 126 cm³/mol.